The maximum absolute atomic E-state index is 11.9. The predicted molar refractivity (Wildman–Crippen MR) is 84.9 cm³/mol. The molecule has 0 heterocycles. The molecule has 0 aliphatic rings. The molecule has 0 fully saturated rings. The first kappa shape index (κ1) is 15.0. The monoisotopic (exact) mass is 298 g/mol. The van der Waals surface area contributed by atoms with E-state index >= 15 is 0 Å². The SMILES string of the molecule is O=CNc1cccc(NC(=O)Nc2cccc(NC=O)c2)c1. The highest BCUT2D eigenvalue weighted by Crippen LogP contribution is 2.17. The average molecular weight is 298 g/mol. The van der Waals surface area contributed by atoms with Gasteiger partial charge in [-0.05, 0) is 36.4 Å². The minimum Gasteiger partial charge on any atom is -0.329 e. The Labute approximate surface area is 126 Å². The highest BCUT2D eigenvalue weighted by Gasteiger charge is 2.04. The van der Waals surface area contributed by atoms with E-state index in [-0.39, 0.29) is 0 Å². The third-order valence-corrected chi connectivity index (χ3v) is 2.69. The summed E-state index contributed by atoms with van der Waals surface area (Å²) >= 11 is 0. The molecule has 0 aromatic heterocycles. The zero-order valence-corrected chi connectivity index (χ0v) is 11.5. The van der Waals surface area contributed by atoms with Gasteiger partial charge in [0.15, 0.2) is 0 Å². The molecule has 0 bridgehead atoms. The third-order valence-electron chi connectivity index (χ3n) is 2.69. The Bertz CT molecular complexity index is 630. The van der Waals surface area contributed by atoms with Gasteiger partial charge in [-0.15, -0.1) is 0 Å². The summed E-state index contributed by atoms with van der Waals surface area (Å²) in [4.78, 5) is 32.7. The van der Waals surface area contributed by atoms with E-state index < -0.39 is 6.03 Å². The molecular weight excluding hydrogens is 284 g/mol. The van der Waals surface area contributed by atoms with Crippen molar-refractivity contribution in [3.05, 3.63) is 48.5 Å². The molecule has 0 saturated carbocycles. The van der Waals surface area contributed by atoms with Crippen LogP contribution in [0.3, 0.4) is 0 Å². The predicted octanol–water partition coefficient (Wildman–Crippen LogP) is 2.47. The van der Waals surface area contributed by atoms with Crippen LogP contribution in [0.4, 0.5) is 27.5 Å². The smallest absolute Gasteiger partial charge is 0.323 e. The molecule has 2 rings (SSSR count). The highest BCUT2D eigenvalue weighted by atomic mass is 16.2. The van der Waals surface area contributed by atoms with E-state index in [9.17, 15) is 14.4 Å². The van der Waals surface area contributed by atoms with Crippen LogP contribution in [-0.2, 0) is 9.59 Å². The van der Waals surface area contributed by atoms with Crippen molar-refractivity contribution in [3.63, 3.8) is 0 Å². The standard InChI is InChI=1S/C15H14N4O3/c20-9-16-11-3-1-5-13(7-11)18-15(22)19-14-6-2-4-12(8-14)17-10-21/h1-10H,(H,16,20)(H,17,21)(H2,18,19,22). The fourth-order valence-electron chi connectivity index (χ4n) is 1.80. The number of carbonyl (C=O) groups excluding carboxylic acids is 3. The number of carbonyl (C=O) groups is 3. The van der Waals surface area contributed by atoms with Crippen LogP contribution in [0.1, 0.15) is 0 Å². The molecule has 0 unspecified atom stereocenters. The van der Waals surface area contributed by atoms with Gasteiger partial charge < -0.3 is 21.3 Å². The number of urea groups is 1. The van der Waals surface area contributed by atoms with Crippen molar-refractivity contribution in [2.75, 3.05) is 21.3 Å². The van der Waals surface area contributed by atoms with Gasteiger partial charge in [0.25, 0.3) is 0 Å². The molecule has 7 nitrogen and oxygen atoms in total. The maximum Gasteiger partial charge on any atom is 0.323 e. The van der Waals surface area contributed by atoms with Crippen LogP contribution in [0.25, 0.3) is 0 Å². The fraction of sp³-hybridized carbons (Fsp3) is 0. The van der Waals surface area contributed by atoms with Gasteiger partial charge >= 0.3 is 6.03 Å². The molecule has 0 spiro atoms. The summed E-state index contributed by atoms with van der Waals surface area (Å²) in [6.45, 7) is 0. The lowest BCUT2D eigenvalue weighted by atomic mass is 10.2. The molecule has 0 saturated heterocycles. The Kier molecular flexibility index (Phi) is 5.09. The Hall–Kier alpha value is -3.35. The first-order valence-corrected chi connectivity index (χ1v) is 6.40. The van der Waals surface area contributed by atoms with Crippen molar-refractivity contribution >= 4 is 41.6 Å². The van der Waals surface area contributed by atoms with Crippen LogP contribution >= 0.6 is 0 Å². The van der Waals surface area contributed by atoms with Gasteiger partial charge in [0.05, 0.1) is 0 Å². The number of rotatable bonds is 6. The van der Waals surface area contributed by atoms with Crippen LogP contribution in [0.15, 0.2) is 48.5 Å². The zero-order valence-electron chi connectivity index (χ0n) is 11.5. The van der Waals surface area contributed by atoms with E-state index in [1.165, 1.54) is 0 Å². The summed E-state index contributed by atoms with van der Waals surface area (Å²) in [7, 11) is 0. The molecule has 0 radical (unpaired) electrons. The van der Waals surface area contributed by atoms with Gasteiger partial charge in [0, 0.05) is 22.7 Å². The molecule has 0 aliphatic heterocycles. The molecule has 112 valence electrons. The van der Waals surface area contributed by atoms with E-state index in [1.54, 1.807) is 48.5 Å². The summed E-state index contributed by atoms with van der Waals surface area (Å²) in [5.41, 5.74) is 2.22. The summed E-state index contributed by atoms with van der Waals surface area (Å²) in [6.07, 6.45) is 1.12. The van der Waals surface area contributed by atoms with Crippen molar-refractivity contribution in [1.29, 1.82) is 0 Å². The molecule has 0 atom stereocenters. The van der Waals surface area contributed by atoms with Crippen molar-refractivity contribution in [1.82, 2.24) is 0 Å². The van der Waals surface area contributed by atoms with E-state index in [2.05, 4.69) is 21.3 Å². The lowest BCUT2D eigenvalue weighted by Crippen LogP contribution is -2.19. The molecule has 2 aromatic carbocycles. The topological polar surface area (TPSA) is 99.3 Å². The van der Waals surface area contributed by atoms with Gasteiger partial charge in [-0.1, -0.05) is 12.1 Å². The zero-order chi connectivity index (χ0) is 15.8. The quantitative estimate of drug-likeness (QED) is 0.616. The van der Waals surface area contributed by atoms with E-state index in [1.807, 2.05) is 0 Å². The molecule has 7 heteroatoms. The Morgan fingerprint density at radius 3 is 1.55 bits per heavy atom. The van der Waals surface area contributed by atoms with Gasteiger partial charge in [-0.25, -0.2) is 4.79 Å². The Morgan fingerprint density at radius 2 is 1.14 bits per heavy atom. The molecule has 22 heavy (non-hydrogen) atoms. The third kappa shape index (κ3) is 4.34. The summed E-state index contributed by atoms with van der Waals surface area (Å²) in [5.74, 6) is 0. The van der Waals surface area contributed by atoms with Crippen LogP contribution in [-0.4, -0.2) is 18.9 Å². The summed E-state index contributed by atoms with van der Waals surface area (Å²) in [6, 6.07) is 13.0. The first-order chi connectivity index (χ1) is 10.7. The largest absolute Gasteiger partial charge is 0.329 e. The van der Waals surface area contributed by atoms with Crippen molar-refractivity contribution in [2.24, 2.45) is 0 Å². The Balaban J connectivity index is 2.00. The van der Waals surface area contributed by atoms with Gasteiger partial charge in [0.2, 0.25) is 12.8 Å². The van der Waals surface area contributed by atoms with Gasteiger partial charge in [-0.2, -0.15) is 0 Å². The van der Waals surface area contributed by atoms with Crippen LogP contribution in [0.5, 0.6) is 0 Å². The van der Waals surface area contributed by atoms with Crippen molar-refractivity contribution in [3.8, 4) is 0 Å². The lowest BCUT2D eigenvalue weighted by molar-refractivity contribution is -0.106. The highest BCUT2D eigenvalue weighted by molar-refractivity contribution is 6.00. The van der Waals surface area contributed by atoms with E-state index in [0.29, 0.717) is 35.6 Å². The molecule has 2 aromatic rings. The minimum atomic E-state index is -0.438. The van der Waals surface area contributed by atoms with Crippen LogP contribution in [0, 0.1) is 0 Å². The number of anilines is 4. The van der Waals surface area contributed by atoms with Gasteiger partial charge in [-0.3, -0.25) is 9.59 Å². The van der Waals surface area contributed by atoms with Crippen LogP contribution in [0.2, 0.25) is 0 Å². The fourth-order valence-corrected chi connectivity index (χ4v) is 1.80. The molecule has 0 aliphatic carbocycles. The van der Waals surface area contributed by atoms with Crippen LogP contribution < -0.4 is 21.3 Å². The van der Waals surface area contributed by atoms with Crippen molar-refractivity contribution in [2.45, 2.75) is 0 Å². The molecular formula is C15H14N4O3. The van der Waals surface area contributed by atoms with E-state index in [4.69, 9.17) is 0 Å². The van der Waals surface area contributed by atoms with Crippen molar-refractivity contribution < 1.29 is 14.4 Å². The lowest BCUT2D eigenvalue weighted by Gasteiger charge is -2.09. The summed E-state index contributed by atoms with van der Waals surface area (Å²) in [5, 5.41) is 10.3. The number of hydrogen-bond acceptors (Lipinski definition) is 3. The average Bonchev–Trinajstić information content (AvgIpc) is 2.48. The van der Waals surface area contributed by atoms with E-state index in [0.717, 1.165) is 0 Å². The second-order valence-electron chi connectivity index (χ2n) is 4.27. The molecule has 4 N–H and O–H groups in total. The number of nitrogens with one attached hydrogen (secondary N) is 4. The van der Waals surface area contributed by atoms with Gasteiger partial charge in [0.1, 0.15) is 0 Å². The maximum atomic E-state index is 11.9. The minimum absolute atomic E-state index is 0.438. The number of hydrogen-bond donors (Lipinski definition) is 4. The molecule has 4 amide bonds. The summed E-state index contributed by atoms with van der Waals surface area (Å²) < 4.78 is 0. The Morgan fingerprint density at radius 1 is 0.727 bits per heavy atom. The normalized spacial score (nSPS) is 9.45. The number of amides is 4. The second kappa shape index (κ2) is 7.44. The first-order valence-electron chi connectivity index (χ1n) is 6.40. The number of benzene rings is 2. The second-order valence-corrected chi connectivity index (χ2v) is 4.27.